The van der Waals surface area contributed by atoms with Crippen LogP contribution in [0.3, 0.4) is 0 Å². The molecule has 2 heterocycles. The van der Waals surface area contributed by atoms with Crippen molar-refractivity contribution in [1.29, 1.82) is 0 Å². The van der Waals surface area contributed by atoms with E-state index in [2.05, 4.69) is 18.4 Å². The third kappa shape index (κ3) is 2.75. The van der Waals surface area contributed by atoms with Crippen LogP contribution in [0.2, 0.25) is 0 Å². The van der Waals surface area contributed by atoms with E-state index in [4.69, 9.17) is 0 Å². The van der Waals surface area contributed by atoms with E-state index in [-0.39, 0.29) is 21.1 Å². The molecule has 0 aromatic carbocycles. The van der Waals surface area contributed by atoms with Crippen molar-refractivity contribution in [3.63, 3.8) is 0 Å². The second-order valence-corrected chi connectivity index (χ2v) is 2.41. The van der Waals surface area contributed by atoms with E-state index < -0.39 is 0 Å². The van der Waals surface area contributed by atoms with Gasteiger partial charge in [0.05, 0.1) is 0 Å². The largest absolute Gasteiger partial charge is 0.374 e. The molecule has 0 aliphatic carbocycles. The molecule has 0 atom stereocenters. The monoisotopic (exact) mass is 347 g/mol. The molecule has 0 radical (unpaired) electrons. The minimum Gasteiger partial charge on any atom is -0.374 e. The topological polar surface area (TPSA) is 15.3 Å². The molecule has 0 amide bonds. The normalized spacial score (nSPS) is 17.0. The van der Waals surface area contributed by atoms with Crippen molar-refractivity contribution in [1.82, 2.24) is 10.4 Å². The second kappa shape index (κ2) is 6.06. The fourth-order valence-electron chi connectivity index (χ4n) is 1.12. The molecule has 2 aliphatic rings. The van der Waals surface area contributed by atoms with E-state index in [1.54, 1.807) is 0 Å². The molecule has 2 nitrogen and oxygen atoms in total. The summed E-state index contributed by atoms with van der Waals surface area (Å²) in [4.78, 5) is 0. The van der Waals surface area contributed by atoms with Crippen molar-refractivity contribution in [3.8, 4) is 0 Å². The van der Waals surface area contributed by atoms with Gasteiger partial charge in [-0.3, -0.25) is 0 Å². The number of nitrogens with zero attached hydrogens (tertiary/aromatic N) is 1. The molecule has 0 saturated heterocycles. The third-order valence-electron chi connectivity index (χ3n) is 1.68. The van der Waals surface area contributed by atoms with Crippen LogP contribution in [0.5, 0.6) is 0 Å². The van der Waals surface area contributed by atoms with Crippen molar-refractivity contribution in [3.05, 3.63) is 42.2 Å². The molecular weight excluding hydrogens is 332 g/mol. The molecule has 3 heteroatoms. The van der Waals surface area contributed by atoms with Crippen molar-refractivity contribution in [2.24, 2.45) is 0 Å². The van der Waals surface area contributed by atoms with Gasteiger partial charge in [0.1, 0.15) is 0 Å². The molecule has 0 spiro atoms. The van der Waals surface area contributed by atoms with Gasteiger partial charge in [-0.05, 0) is 6.08 Å². The average molecular weight is 347 g/mol. The predicted octanol–water partition coefficient (Wildman–Crippen LogP) is 2.35. The Kier molecular flexibility index (Phi) is 5.85. The molecule has 72 valence electrons. The van der Waals surface area contributed by atoms with Crippen LogP contribution in [-0.4, -0.2) is 5.01 Å². The van der Waals surface area contributed by atoms with Crippen molar-refractivity contribution in [2.75, 3.05) is 0 Å². The number of allylic oxidation sites excluding steroid dienone is 3. The summed E-state index contributed by atoms with van der Waals surface area (Å²) in [6, 6.07) is 0. The van der Waals surface area contributed by atoms with Gasteiger partial charge in [0.2, 0.25) is 0 Å². The van der Waals surface area contributed by atoms with Gasteiger partial charge in [-0.25, -0.2) is 0 Å². The molecule has 0 unspecified atom stereocenters. The first-order valence-electron chi connectivity index (χ1n) is 4.32. The maximum atomic E-state index is 3.10. The number of hydrogen-bond donors (Lipinski definition) is 1. The van der Waals surface area contributed by atoms with Crippen molar-refractivity contribution >= 4 is 0 Å². The first kappa shape index (κ1) is 12.5. The summed E-state index contributed by atoms with van der Waals surface area (Å²) in [6.45, 7) is 8.08. The van der Waals surface area contributed by atoms with Gasteiger partial charge in [-0.2, -0.15) is 5.57 Å². The molecule has 0 aromatic rings. The number of fused-ring (bicyclic) bond motifs is 1. The second-order valence-electron chi connectivity index (χ2n) is 2.41. The van der Waals surface area contributed by atoms with E-state index >= 15 is 0 Å². The Morgan fingerprint density at radius 3 is 2.62 bits per heavy atom. The van der Waals surface area contributed by atoms with Crippen molar-refractivity contribution < 1.29 is 21.1 Å². The Labute approximate surface area is 94.6 Å². The van der Waals surface area contributed by atoms with Gasteiger partial charge >= 0.3 is 0 Å². The minimum absolute atomic E-state index is 0. The Morgan fingerprint density at radius 1 is 1.31 bits per heavy atom. The van der Waals surface area contributed by atoms with Gasteiger partial charge in [0, 0.05) is 27.3 Å². The average Bonchev–Trinajstić information content (AvgIpc) is 2.53. The fourth-order valence-corrected chi connectivity index (χ4v) is 1.12. The Bertz CT molecular complexity index is 241. The number of rotatable bonds is 0. The Balaban J connectivity index is 0.000000451. The van der Waals surface area contributed by atoms with Gasteiger partial charge in [0.25, 0.3) is 0 Å². The number of hydrogen-bond acceptors (Lipinski definition) is 2. The quantitative estimate of drug-likeness (QED) is 0.677. The molecule has 1 N–H and O–H groups in total. The predicted molar refractivity (Wildman–Crippen MR) is 51.6 cm³/mol. The van der Waals surface area contributed by atoms with Crippen LogP contribution in [-0.2, 0) is 21.1 Å². The van der Waals surface area contributed by atoms with Gasteiger partial charge < -0.3 is 10.4 Å². The zero-order chi connectivity index (χ0) is 8.97. The van der Waals surface area contributed by atoms with E-state index in [1.165, 1.54) is 11.3 Å². The SMILES string of the molecule is CC.CC1=C2C=CC=CN2N[CH-]1.[W]. The first-order valence-corrected chi connectivity index (χ1v) is 4.32. The Hall–Kier alpha value is -0.462. The number of nitrogens with one attached hydrogen (secondary N) is 1. The third-order valence-corrected chi connectivity index (χ3v) is 1.68. The van der Waals surface area contributed by atoms with E-state index in [0.717, 1.165) is 0 Å². The maximum Gasteiger partial charge on any atom is 0.000387 e. The summed E-state index contributed by atoms with van der Waals surface area (Å²) in [7, 11) is 0. The van der Waals surface area contributed by atoms with Crippen LogP contribution in [0.4, 0.5) is 0 Å². The maximum absolute atomic E-state index is 3.10. The fraction of sp³-hybridized carbons (Fsp3) is 0.300. The molecule has 0 bridgehead atoms. The van der Waals surface area contributed by atoms with Crippen LogP contribution in [0.25, 0.3) is 0 Å². The van der Waals surface area contributed by atoms with Crippen LogP contribution >= 0.6 is 0 Å². The summed E-state index contributed by atoms with van der Waals surface area (Å²) in [5, 5.41) is 2.00. The van der Waals surface area contributed by atoms with Gasteiger partial charge in [-0.1, -0.05) is 32.5 Å². The first-order chi connectivity index (χ1) is 5.88. The van der Waals surface area contributed by atoms with Crippen LogP contribution in [0.15, 0.2) is 35.7 Å². The zero-order valence-electron chi connectivity index (χ0n) is 8.24. The van der Waals surface area contributed by atoms with E-state index in [1.807, 2.05) is 43.8 Å². The number of hydrazine groups is 1. The summed E-state index contributed by atoms with van der Waals surface area (Å²) < 4.78 is 0. The zero-order valence-corrected chi connectivity index (χ0v) is 11.2. The standard InChI is InChI=1S/C8H9N2.C2H6.W/c1-7-6-9-10-5-3-2-4-8(7)10;1-2;/h2-6,9H,1H3;1-2H3;/q-1;;. The minimum atomic E-state index is 0. The summed E-state index contributed by atoms with van der Waals surface area (Å²) in [5.41, 5.74) is 5.62. The Morgan fingerprint density at radius 2 is 2.00 bits per heavy atom. The molecule has 0 aromatic heterocycles. The van der Waals surface area contributed by atoms with Crippen LogP contribution in [0.1, 0.15) is 20.8 Å². The van der Waals surface area contributed by atoms with E-state index in [0.29, 0.717) is 0 Å². The molecule has 2 aliphatic heterocycles. The summed E-state index contributed by atoms with van der Waals surface area (Å²) in [6.07, 6.45) is 8.13. The molecule has 2 rings (SSSR count). The molecular formula is C10H15N2W-. The van der Waals surface area contributed by atoms with Gasteiger partial charge in [0.15, 0.2) is 0 Å². The van der Waals surface area contributed by atoms with E-state index in [9.17, 15) is 0 Å². The smallest absolute Gasteiger partial charge is 0.000387 e. The van der Waals surface area contributed by atoms with Gasteiger partial charge in [-0.15, -0.1) is 12.6 Å². The van der Waals surface area contributed by atoms with Crippen molar-refractivity contribution in [2.45, 2.75) is 20.8 Å². The molecule has 0 saturated carbocycles. The molecule has 0 fully saturated rings. The van der Waals surface area contributed by atoms with Crippen LogP contribution in [0, 0.1) is 6.54 Å². The summed E-state index contributed by atoms with van der Waals surface area (Å²) in [5.74, 6) is 0. The van der Waals surface area contributed by atoms with Crippen LogP contribution < -0.4 is 5.43 Å². The summed E-state index contributed by atoms with van der Waals surface area (Å²) >= 11 is 0. The molecule has 13 heavy (non-hydrogen) atoms.